The summed E-state index contributed by atoms with van der Waals surface area (Å²) in [6, 6.07) is 8.82. The predicted molar refractivity (Wildman–Crippen MR) is 164 cm³/mol. The van der Waals surface area contributed by atoms with Crippen LogP contribution in [0.2, 0.25) is 5.02 Å². The van der Waals surface area contributed by atoms with Crippen LogP contribution in [-0.2, 0) is 11.2 Å². The number of nitriles is 1. The molecule has 0 bridgehead atoms. The molecule has 2 aromatic rings. The second-order valence-corrected chi connectivity index (χ2v) is 14.2. The highest BCUT2D eigenvalue weighted by Gasteiger charge is 2.64. The van der Waals surface area contributed by atoms with Gasteiger partial charge >= 0.3 is 6.09 Å². The van der Waals surface area contributed by atoms with E-state index in [9.17, 15) is 9.59 Å². The Hall–Kier alpha value is -3.42. The molecule has 2 aliphatic rings. The van der Waals surface area contributed by atoms with E-state index in [1.165, 1.54) is 12.1 Å². The zero-order valence-electron chi connectivity index (χ0n) is 26.4. The van der Waals surface area contributed by atoms with Crippen molar-refractivity contribution in [3.8, 4) is 11.8 Å². The first-order valence-corrected chi connectivity index (χ1v) is 15.2. The Balaban J connectivity index is 1.35. The monoisotopic (exact) mass is 630 g/mol. The van der Waals surface area contributed by atoms with E-state index in [4.69, 9.17) is 26.3 Å². The topological polar surface area (TPSA) is 94.9 Å². The first kappa shape index (κ1) is 33.5. The van der Waals surface area contributed by atoms with Crippen LogP contribution in [0.3, 0.4) is 0 Å². The van der Waals surface area contributed by atoms with E-state index < -0.39 is 45.6 Å². The summed E-state index contributed by atoms with van der Waals surface area (Å²) in [5.41, 5.74) is -1.56. The van der Waals surface area contributed by atoms with E-state index in [0.29, 0.717) is 56.0 Å². The minimum atomic E-state index is -0.915. The van der Waals surface area contributed by atoms with Crippen molar-refractivity contribution in [3.63, 3.8) is 0 Å². The number of ether oxygens (including phenoxy) is 2. The summed E-state index contributed by atoms with van der Waals surface area (Å²) >= 11 is 6.16. The molecular weight excluding hydrogens is 590 g/mol. The van der Waals surface area contributed by atoms with Gasteiger partial charge in [-0.3, -0.25) is 9.69 Å². The Kier molecular flexibility index (Phi) is 9.53. The second-order valence-electron chi connectivity index (χ2n) is 13.8. The number of carbonyl (C=O) groups is 2. The number of benzene rings is 2. The molecule has 2 fully saturated rings. The molecule has 0 aromatic heterocycles. The molecule has 2 aromatic carbocycles. The smallest absolute Gasteiger partial charge is 0.410 e. The second kappa shape index (κ2) is 12.5. The van der Waals surface area contributed by atoms with E-state index in [0.717, 1.165) is 0 Å². The third-order valence-corrected chi connectivity index (χ3v) is 8.81. The number of rotatable bonds is 7. The highest BCUT2D eigenvalue weighted by molar-refractivity contribution is 6.31. The van der Waals surface area contributed by atoms with Crippen LogP contribution in [0.4, 0.5) is 13.6 Å². The first-order valence-electron chi connectivity index (χ1n) is 14.8. The number of hydrogen-bond donors (Lipinski definition) is 1. The third kappa shape index (κ3) is 7.10. The maximum absolute atomic E-state index is 15.2. The van der Waals surface area contributed by atoms with Crippen molar-refractivity contribution in [1.29, 1.82) is 5.26 Å². The van der Waals surface area contributed by atoms with E-state index >= 15 is 8.78 Å². The molecular formula is C33H41ClF2N4O4. The summed E-state index contributed by atoms with van der Waals surface area (Å²) in [6.45, 7) is 16.0. The molecule has 1 saturated heterocycles. The fourth-order valence-corrected chi connectivity index (χ4v) is 6.77. The lowest BCUT2D eigenvalue weighted by Crippen LogP contribution is -2.74. The van der Waals surface area contributed by atoms with Gasteiger partial charge in [-0.25, -0.2) is 13.6 Å². The van der Waals surface area contributed by atoms with E-state index in [-0.39, 0.29) is 17.2 Å². The minimum absolute atomic E-state index is 0.278. The summed E-state index contributed by atoms with van der Waals surface area (Å²) < 4.78 is 42.0. The van der Waals surface area contributed by atoms with Gasteiger partial charge in [0.1, 0.15) is 40.7 Å². The van der Waals surface area contributed by atoms with Crippen LogP contribution >= 0.6 is 11.6 Å². The fourth-order valence-electron chi connectivity index (χ4n) is 6.55. The van der Waals surface area contributed by atoms with Crippen molar-refractivity contribution in [1.82, 2.24) is 15.1 Å². The molecule has 8 nitrogen and oxygen atoms in total. The van der Waals surface area contributed by atoms with Gasteiger partial charge in [0.25, 0.3) is 5.91 Å². The number of halogens is 3. The first-order chi connectivity index (χ1) is 20.4. The van der Waals surface area contributed by atoms with Crippen LogP contribution in [0.25, 0.3) is 0 Å². The fraction of sp³-hybridized carbons (Fsp3) is 0.545. The van der Waals surface area contributed by atoms with Crippen molar-refractivity contribution in [3.05, 3.63) is 63.7 Å². The number of hydrogen-bond acceptors (Lipinski definition) is 6. The molecule has 238 valence electrons. The largest absolute Gasteiger partial charge is 0.489 e. The van der Waals surface area contributed by atoms with Crippen LogP contribution in [0.1, 0.15) is 70.0 Å². The lowest BCUT2D eigenvalue weighted by Gasteiger charge is -2.63. The number of amides is 2. The van der Waals surface area contributed by atoms with Crippen LogP contribution < -0.4 is 10.1 Å². The Morgan fingerprint density at radius 2 is 1.64 bits per heavy atom. The molecule has 1 N–H and O–H groups in total. The van der Waals surface area contributed by atoms with Crippen molar-refractivity contribution in [2.75, 3.05) is 32.7 Å². The number of carbonyl (C=O) groups excluding carboxylic acids is 2. The molecule has 1 aliphatic carbocycles. The van der Waals surface area contributed by atoms with Crippen LogP contribution in [0.15, 0.2) is 30.3 Å². The Morgan fingerprint density at radius 3 is 2.16 bits per heavy atom. The summed E-state index contributed by atoms with van der Waals surface area (Å²) in [4.78, 5) is 29.3. The van der Waals surface area contributed by atoms with Gasteiger partial charge in [0.2, 0.25) is 0 Å². The highest BCUT2D eigenvalue weighted by atomic mass is 35.5. The summed E-state index contributed by atoms with van der Waals surface area (Å²) in [5.74, 6) is -2.16. The lowest BCUT2D eigenvalue weighted by molar-refractivity contribution is -0.164. The summed E-state index contributed by atoms with van der Waals surface area (Å²) in [7, 11) is 0. The van der Waals surface area contributed by atoms with Crippen LogP contribution in [0, 0.1) is 33.8 Å². The van der Waals surface area contributed by atoms with Gasteiger partial charge in [0.05, 0.1) is 10.6 Å². The zero-order chi connectivity index (χ0) is 32.6. The van der Waals surface area contributed by atoms with Crippen molar-refractivity contribution < 1.29 is 27.8 Å². The Bertz CT molecular complexity index is 1420. The lowest BCUT2D eigenvalue weighted by atomic mass is 9.49. The van der Waals surface area contributed by atoms with Gasteiger partial charge in [0, 0.05) is 55.7 Å². The molecule has 0 unspecified atom stereocenters. The molecule has 1 saturated carbocycles. The summed E-state index contributed by atoms with van der Waals surface area (Å²) in [5, 5.41) is 12.3. The van der Waals surface area contributed by atoms with Gasteiger partial charge in [-0.1, -0.05) is 39.3 Å². The highest BCUT2D eigenvalue weighted by Crippen LogP contribution is 2.55. The van der Waals surface area contributed by atoms with Gasteiger partial charge in [-0.05, 0) is 57.0 Å². The molecule has 0 atom stereocenters. The molecule has 2 amide bonds. The Morgan fingerprint density at radius 1 is 1.05 bits per heavy atom. The van der Waals surface area contributed by atoms with Crippen molar-refractivity contribution >= 4 is 23.6 Å². The van der Waals surface area contributed by atoms with Crippen LogP contribution in [-0.4, -0.2) is 72.3 Å². The third-order valence-electron chi connectivity index (χ3n) is 8.50. The van der Waals surface area contributed by atoms with E-state index in [1.807, 2.05) is 54.5 Å². The van der Waals surface area contributed by atoms with Gasteiger partial charge in [-0.2, -0.15) is 5.26 Å². The maximum Gasteiger partial charge on any atom is 0.410 e. The molecule has 44 heavy (non-hydrogen) atoms. The number of nitrogens with one attached hydrogen (secondary N) is 1. The standard InChI is InChI=1S/C33H41ClF2N4O4/c1-31(2,3)44-30(42)40-14-12-39(13-15-40)11-10-20-16-24(35)26(25(36)17-20)27(41)38-28-32(4,5)29(33(28,6)7)43-22-9-8-21(19-37)23(34)18-22/h8-9,16-18,28-29H,10-15H2,1-7H3,(H,38,41). The van der Waals surface area contributed by atoms with Crippen LogP contribution in [0.5, 0.6) is 5.75 Å². The zero-order valence-corrected chi connectivity index (χ0v) is 27.1. The van der Waals surface area contributed by atoms with Crippen molar-refractivity contribution in [2.45, 2.75) is 72.6 Å². The maximum atomic E-state index is 15.2. The summed E-state index contributed by atoms with van der Waals surface area (Å²) in [6.07, 6.45) is -0.307. The van der Waals surface area contributed by atoms with Gasteiger partial charge < -0.3 is 19.7 Å². The number of piperazine rings is 1. The van der Waals surface area contributed by atoms with Gasteiger partial charge in [0.15, 0.2) is 0 Å². The SMILES string of the molecule is CC(C)(C)OC(=O)N1CCN(CCc2cc(F)c(C(=O)NC3C(C)(C)C(Oc4ccc(C#N)c(Cl)c4)C3(C)C)c(F)c2)CC1. The average molecular weight is 631 g/mol. The molecule has 1 heterocycles. The van der Waals surface area contributed by atoms with E-state index in [2.05, 4.69) is 10.2 Å². The minimum Gasteiger partial charge on any atom is -0.489 e. The van der Waals surface area contributed by atoms with Crippen molar-refractivity contribution in [2.24, 2.45) is 10.8 Å². The molecule has 4 rings (SSSR count). The van der Waals surface area contributed by atoms with E-state index in [1.54, 1.807) is 23.1 Å². The molecule has 0 spiro atoms. The molecule has 11 heteroatoms. The van der Waals surface area contributed by atoms with Gasteiger partial charge in [-0.15, -0.1) is 0 Å². The quantitative estimate of drug-likeness (QED) is 0.392. The molecule has 0 radical (unpaired) electrons. The number of nitrogens with zero attached hydrogens (tertiary/aromatic N) is 3. The average Bonchev–Trinajstić information content (AvgIpc) is 2.92. The Labute approximate surface area is 263 Å². The predicted octanol–water partition coefficient (Wildman–Crippen LogP) is 6.20. The normalized spacial score (nSPS) is 21.2. The molecule has 1 aliphatic heterocycles.